The largest absolute Gasteiger partial charge is 0.477 e. The molecule has 0 unspecified atom stereocenters. The van der Waals surface area contributed by atoms with E-state index in [9.17, 15) is 18.3 Å². The van der Waals surface area contributed by atoms with E-state index in [-0.39, 0.29) is 22.7 Å². The van der Waals surface area contributed by atoms with Crippen molar-refractivity contribution in [1.82, 2.24) is 8.87 Å². The van der Waals surface area contributed by atoms with Crippen LogP contribution < -0.4 is 0 Å². The summed E-state index contributed by atoms with van der Waals surface area (Å²) in [6, 6.07) is 1.46. The van der Waals surface area contributed by atoms with Crippen LogP contribution in [0.3, 0.4) is 0 Å². The first-order chi connectivity index (χ1) is 9.91. The molecule has 2 aliphatic carbocycles. The fraction of sp³-hybridized carbons (Fsp3) is 0.643. The third-order valence-corrected chi connectivity index (χ3v) is 6.37. The van der Waals surface area contributed by atoms with Gasteiger partial charge in [0, 0.05) is 25.3 Å². The zero-order chi connectivity index (χ0) is 15.2. The number of carboxylic acid groups (broad SMARTS) is 1. The minimum Gasteiger partial charge on any atom is -0.477 e. The van der Waals surface area contributed by atoms with Gasteiger partial charge < -0.3 is 9.67 Å². The van der Waals surface area contributed by atoms with E-state index in [1.165, 1.54) is 16.6 Å². The molecular weight excluding hydrogens is 292 g/mol. The highest BCUT2D eigenvalue weighted by molar-refractivity contribution is 7.89. The highest BCUT2D eigenvalue weighted by Gasteiger charge is 2.34. The van der Waals surface area contributed by atoms with Crippen molar-refractivity contribution in [3.63, 3.8) is 0 Å². The Morgan fingerprint density at radius 2 is 1.90 bits per heavy atom. The summed E-state index contributed by atoms with van der Waals surface area (Å²) >= 11 is 0. The summed E-state index contributed by atoms with van der Waals surface area (Å²) in [6.45, 7) is 0. The van der Waals surface area contributed by atoms with Gasteiger partial charge >= 0.3 is 5.97 Å². The molecule has 116 valence electrons. The van der Waals surface area contributed by atoms with Crippen LogP contribution in [0.15, 0.2) is 17.2 Å². The molecule has 0 atom stereocenters. The number of carboxylic acids is 1. The van der Waals surface area contributed by atoms with Crippen molar-refractivity contribution in [3.05, 3.63) is 18.0 Å². The van der Waals surface area contributed by atoms with E-state index in [4.69, 9.17) is 0 Å². The van der Waals surface area contributed by atoms with Crippen LogP contribution in [-0.2, 0) is 10.0 Å². The molecule has 3 rings (SSSR count). The topological polar surface area (TPSA) is 79.6 Å². The van der Waals surface area contributed by atoms with E-state index < -0.39 is 16.0 Å². The van der Waals surface area contributed by atoms with Gasteiger partial charge in [-0.2, -0.15) is 4.31 Å². The minimum atomic E-state index is -3.61. The summed E-state index contributed by atoms with van der Waals surface area (Å²) in [5.74, 6) is -1.08. The Bertz CT molecular complexity index is 655. The van der Waals surface area contributed by atoms with Crippen LogP contribution in [0.2, 0.25) is 0 Å². The van der Waals surface area contributed by atoms with E-state index in [1.54, 1.807) is 11.6 Å². The SMILES string of the molecule is CN(C1CCCC1)S(=O)(=O)c1cc(C(=O)O)n(C2CC2)c1. The predicted molar refractivity (Wildman–Crippen MR) is 76.9 cm³/mol. The van der Waals surface area contributed by atoms with Crippen molar-refractivity contribution in [2.75, 3.05) is 7.05 Å². The molecule has 1 aromatic rings. The second-order valence-corrected chi connectivity index (χ2v) is 7.96. The molecule has 2 fully saturated rings. The number of hydrogen-bond acceptors (Lipinski definition) is 3. The molecule has 2 saturated carbocycles. The lowest BCUT2D eigenvalue weighted by Crippen LogP contribution is -2.35. The van der Waals surface area contributed by atoms with Crippen molar-refractivity contribution in [2.24, 2.45) is 0 Å². The number of hydrogen-bond donors (Lipinski definition) is 1. The molecule has 1 N–H and O–H groups in total. The second-order valence-electron chi connectivity index (χ2n) is 5.96. The molecule has 1 heterocycles. The lowest BCUT2D eigenvalue weighted by atomic mass is 10.3. The van der Waals surface area contributed by atoms with Gasteiger partial charge in [-0.15, -0.1) is 0 Å². The summed E-state index contributed by atoms with van der Waals surface area (Å²) in [4.78, 5) is 11.4. The van der Waals surface area contributed by atoms with Gasteiger partial charge in [-0.1, -0.05) is 12.8 Å². The Kier molecular flexibility index (Phi) is 3.57. The average Bonchev–Trinajstić information content (AvgIpc) is 2.97. The van der Waals surface area contributed by atoms with Crippen molar-refractivity contribution >= 4 is 16.0 Å². The number of carbonyl (C=O) groups is 1. The fourth-order valence-electron chi connectivity index (χ4n) is 3.05. The Labute approximate surface area is 124 Å². The van der Waals surface area contributed by atoms with E-state index >= 15 is 0 Å². The van der Waals surface area contributed by atoms with Crippen molar-refractivity contribution in [3.8, 4) is 0 Å². The number of rotatable bonds is 5. The molecule has 7 heteroatoms. The van der Waals surface area contributed by atoms with Crippen molar-refractivity contribution in [1.29, 1.82) is 0 Å². The number of nitrogens with zero attached hydrogens (tertiary/aromatic N) is 2. The first-order valence-corrected chi connectivity index (χ1v) is 8.78. The van der Waals surface area contributed by atoms with Gasteiger partial charge in [-0.3, -0.25) is 0 Å². The highest BCUT2D eigenvalue weighted by Crippen LogP contribution is 2.38. The fourth-order valence-corrected chi connectivity index (χ4v) is 4.49. The van der Waals surface area contributed by atoms with Gasteiger partial charge in [0.15, 0.2) is 0 Å². The molecule has 0 aliphatic heterocycles. The summed E-state index contributed by atoms with van der Waals surface area (Å²) in [5, 5.41) is 9.24. The van der Waals surface area contributed by atoms with Gasteiger partial charge in [-0.05, 0) is 31.7 Å². The summed E-state index contributed by atoms with van der Waals surface area (Å²) < 4.78 is 28.3. The molecule has 0 spiro atoms. The Morgan fingerprint density at radius 1 is 1.29 bits per heavy atom. The highest BCUT2D eigenvalue weighted by atomic mass is 32.2. The maximum absolute atomic E-state index is 12.7. The third kappa shape index (κ3) is 2.60. The van der Waals surface area contributed by atoms with Gasteiger partial charge in [0.1, 0.15) is 10.6 Å². The Balaban J connectivity index is 1.94. The van der Waals surface area contributed by atoms with Crippen LogP contribution in [0.25, 0.3) is 0 Å². The smallest absolute Gasteiger partial charge is 0.352 e. The van der Waals surface area contributed by atoms with Crippen molar-refractivity contribution < 1.29 is 18.3 Å². The molecule has 0 aromatic carbocycles. The molecule has 0 saturated heterocycles. The maximum Gasteiger partial charge on any atom is 0.352 e. The Morgan fingerprint density at radius 3 is 2.43 bits per heavy atom. The van der Waals surface area contributed by atoms with Gasteiger partial charge in [-0.25, -0.2) is 13.2 Å². The molecule has 0 amide bonds. The molecule has 0 radical (unpaired) electrons. The lowest BCUT2D eigenvalue weighted by Gasteiger charge is -2.22. The number of aromatic nitrogens is 1. The molecular formula is C14H20N2O4S. The quantitative estimate of drug-likeness (QED) is 0.903. The zero-order valence-electron chi connectivity index (χ0n) is 12.0. The lowest BCUT2D eigenvalue weighted by molar-refractivity contribution is 0.0685. The third-order valence-electron chi connectivity index (χ3n) is 4.50. The Hall–Kier alpha value is -1.34. The first-order valence-electron chi connectivity index (χ1n) is 7.34. The van der Waals surface area contributed by atoms with Crippen LogP contribution >= 0.6 is 0 Å². The van der Waals surface area contributed by atoms with Crippen LogP contribution in [0.5, 0.6) is 0 Å². The van der Waals surface area contributed by atoms with Gasteiger partial charge in [0.25, 0.3) is 0 Å². The molecule has 6 nitrogen and oxygen atoms in total. The summed E-state index contributed by atoms with van der Waals surface area (Å²) in [6.07, 6.45) is 7.17. The molecule has 21 heavy (non-hydrogen) atoms. The first kappa shape index (κ1) is 14.6. The number of sulfonamides is 1. The van der Waals surface area contributed by atoms with E-state index in [2.05, 4.69) is 0 Å². The van der Waals surface area contributed by atoms with Crippen LogP contribution in [0, 0.1) is 0 Å². The second kappa shape index (κ2) is 5.14. The normalized spacial score (nSPS) is 20.3. The van der Waals surface area contributed by atoms with Crippen molar-refractivity contribution in [2.45, 2.75) is 55.5 Å². The summed E-state index contributed by atoms with van der Waals surface area (Å²) in [5.41, 5.74) is 0.0656. The average molecular weight is 312 g/mol. The van der Waals surface area contributed by atoms with E-state index in [0.29, 0.717) is 0 Å². The van der Waals surface area contributed by atoms with Crippen LogP contribution in [0.1, 0.15) is 55.1 Å². The van der Waals surface area contributed by atoms with E-state index in [0.717, 1.165) is 38.5 Å². The predicted octanol–water partition coefficient (Wildman–Crippen LogP) is 2.08. The minimum absolute atomic E-state index is 0.0348. The number of aromatic carboxylic acids is 1. The summed E-state index contributed by atoms with van der Waals surface area (Å²) in [7, 11) is -2.02. The van der Waals surface area contributed by atoms with Gasteiger partial charge in [0.05, 0.1) is 0 Å². The molecule has 1 aromatic heterocycles. The standard InChI is InChI=1S/C14H20N2O4S/c1-15(10-4-2-3-5-10)21(19,20)12-8-13(14(17)18)16(9-12)11-6-7-11/h8-11H,2-7H2,1H3,(H,17,18). The van der Waals surface area contributed by atoms with Gasteiger partial charge in [0.2, 0.25) is 10.0 Å². The molecule has 0 bridgehead atoms. The maximum atomic E-state index is 12.7. The van der Waals surface area contributed by atoms with Crippen LogP contribution in [0.4, 0.5) is 0 Å². The van der Waals surface area contributed by atoms with Crippen LogP contribution in [-0.4, -0.2) is 41.5 Å². The monoisotopic (exact) mass is 312 g/mol. The molecule has 2 aliphatic rings. The zero-order valence-corrected chi connectivity index (χ0v) is 12.8. The van der Waals surface area contributed by atoms with E-state index in [1.807, 2.05) is 0 Å².